The van der Waals surface area contributed by atoms with Crippen molar-refractivity contribution in [2.45, 2.75) is 25.6 Å². The molecular formula is C26H30F2N6O4. The van der Waals surface area contributed by atoms with E-state index in [4.69, 9.17) is 19.9 Å². The number of nitrogen functional groups attached to an aromatic ring is 1. The molecule has 5 rings (SSSR count). The van der Waals surface area contributed by atoms with Crippen LogP contribution in [0.5, 0.6) is 5.88 Å². The van der Waals surface area contributed by atoms with Crippen molar-refractivity contribution in [1.82, 2.24) is 14.9 Å². The Morgan fingerprint density at radius 2 is 2.16 bits per heavy atom. The zero-order chi connectivity index (χ0) is 26.8. The number of nitrogens with zero attached hydrogens (tertiary/aromatic N) is 3. The highest BCUT2D eigenvalue weighted by Crippen LogP contribution is 2.39. The molecular weight excluding hydrogens is 498 g/mol. The molecule has 4 N–H and O–H groups in total. The minimum Gasteiger partial charge on any atom is -0.474 e. The van der Waals surface area contributed by atoms with Crippen LogP contribution in [-0.4, -0.2) is 79.7 Å². The molecule has 1 fully saturated rings. The molecule has 0 aliphatic carbocycles. The molecule has 0 saturated carbocycles. The van der Waals surface area contributed by atoms with Gasteiger partial charge in [-0.3, -0.25) is 10.2 Å². The standard InChI is InChI=1S/C26H30F2N6O4/c1-14-17(11-32-25-24(14)30-4-7-37-25)16-9-15-10-21(31-12-18(15)23(29)22(16)28)33-26(35)38-20-3-5-34(6-8-36-2)13-19(20)27/h9-12,19-20,30H,3-8,13,29H2,1-2H3,(H,31,33,35)/t19-,20+/m1/s1. The summed E-state index contributed by atoms with van der Waals surface area (Å²) in [6.45, 7) is 4.87. The number of ether oxygens (including phenoxy) is 3. The van der Waals surface area contributed by atoms with Crippen LogP contribution in [0.2, 0.25) is 0 Å². The van der Waals surface area contributed by atoms with Crippen LogP contribution in [0.4, 0.5) is 30.8 Å². The van der Waals surface area contributed by atoms with E-state index in [1.807, 2.05) is 11.8 Å². The van der Waals surface area contributed by atoms with Gasteiger partial charge in [0.1, 0.15) is 30.4 Å². The third kappa shape index (κ3) is 5.14. The quantitative estimate of drug-likeness (QED) is 0.411. The lowest BCUT2D eigenvalue weighted by atomic mass is 9.97. The molecule has 1 amide bonds. The number of fused-ring (bicyclic) bond motifs is 2. The molecule has 202 valence electrons. The summed E-state index contributed by atoms with van der Waals surface area (Å²) in [6, 6.07) is 3.20. The third-order valence-corrected chi connectivity index (χ3v) is 6.90. The first-order valence-corrected chi connectivity index (χ1v) is 12.4. The van der Waals surface area contributed by atoms with E-state index < -0.39 is 24.2 Å². The number of carbonyl (C=O) groups is 1. The average Bonchev–Trinajstić information content (AvgIpc) is 2.91. The van der Waals surface area contributed by atoms with Crippen molar-refractivity contribution in [1.29, 1.82) is 0 Å². The molecule has 3 aromatic rings. The molecule has 0 radical (unpaired) electrons. The van der Waals surface area contributed by atoms with Crippen molar-refractivity contribution >= 4 is 34.1 Å². The first-order valence-electron chi connectivity index (χ1n) is 12.4. The van der Waals surface area contributed by atoms with Crippen molar-refractivity contribution in [2.24, 2.45) is 0 Å². The number of nitrogens with two attached hydrogens (primary N) is 1. The van der Waals surface area contributed by atoms with E-state index in [0.717, 1.165) is 5.56 Å². The number of likely N-dealkylation sites (tertiary alicyclic amines) is 1. The molecule has 4 heterocycles. The number of hydrogen-bond acceptors (Lipinski definition) is 9. The van der Waals surface area contributed by atoms with Gasteiger partial charge >= 0.3 is 6.09 Å². The van der Waals surface area contributed by atoms with Crippen LogP contribution < -0.4 is 21.1 Å². The van der Waals surface area contributed by atoms with Gasteiger partial charge in [-0.2, -0.15) is 0 Å². The number of alkyl halides is 1. The van der Waals surface area contributed by atoms with Crippen LogP contribution in [0, 0.1) is 12.7 Å². The summed E-state index contributed by atoms with van der Waals surface area (Å²) < 4.78 is 45.9. The van der Waals surface area contributed by atoms with E-state index in [-0.39, 0.29) is 23.6 Å². The van der Waals surface area contributed by atoms with Gasteiger partial charge in [0.15, 0.2) is 5.82 Å². The second-order valence-electron chi connectivity index (χ2n) is 9.36. The van der Waals surface area contributed by atoms with Crippen LogP contribution >= 0.6 is 0 Å². The molecule has 2 aliphatic rings. The molecule has 2 aromatic heterocycles. The topological polar surface area (TPSA) is 124 Å². The Morgan fingerprint density at radius 1 is 1.32 bits per heavy atom. The largest absolute Gasteiger partial charge is 0.474 e. The van der Waals surface area contributed by atoms with Crippen molar-refractivity contribution in [2.75, 3.05) is 62.9 Å². The van der Waals surface area contributed by atoms with Crippen molar-refractivity contribution < 1.29 is 27.8 Å². The predicted molar refractivity (Wildman–Crippen MR) is 140 cm³/mol. The molecule has 0 bridgehead atoms. The minimum atomic E-state index is -1.31. The van der Waals surface area contributed by atoms with Gasteiger partial charge in [0.2, 0.25) is 5.88 Å². The van der Waals surface area contributed by atoms with Crippen LogP contribution in [0.3, 0.4) is 0 Å². The van der Waals surface area contributed by atoms with Crippen molar-refractivity contribution in [3.8, 4) is 17.0 Å². The lowest BCUT2D eigenvalue weighted by molar-refractivity contribution is -0.00814. The second kappa shape index (κ2) is 10.9. The molecule has 38 heavy (non-hydrogen) atoms. The van der Waals surface area contributed by atoms with Gasteiger partial charge in [-0.15, -0.1) is 0 Å². The van der Waals surface area contributed by atoms with Crippen LogP contribution in [0.1, 0.15) is 12.0 Å². The molecule has 10 nitrogen and oxygen atoms in total. The second-order valence-corrected chi connectivity index (χ2v) is 9.36. The smallest absolute Gasteiger partial charge is 0.413 e. The van der Waals surface area contributed by atoms with E-state index in [2.05, 4.69) is 20.6 Å². The number of piperidine rings is 1. The molecule has 0 unspecified atom stereocenters. The number of anilines is 3. The van der Waals surface area contributed by atoms with Gasteiger partial charge in [-0.1, -0.05) is 0 Å². The van der Waals surface area contributed by atoms with Gasteiger partial charge in [0.25, 0.3) is 0 Å². The number of amides is 1. The first-order chi connectivity index (χ1) is 18.4. The summed E-state index contributed by atoms with van der Waals surface area (Å²) in [6.07, 6.45) is 0.322. The number of pyridine rings is 2. The Hall–Kier alpha value is -3.77. The normalized spacial score (nSPS) is 19.4. The predicted octanol–water partition coefficient (Wildman–Crippen LogP) is 3.74. The highest BCUT2D eigenvalue weighted by molar-refractivity contribution is 5.99. The van der Waals surface area contributed by atoms with Crippen LogP contribution in [-0.2, 0) is 9.47 Å². The summed E-state index contributed by atoms with van der Waals surface area (Å²) >= 11 is 0. The highest BCUT2D eigenvalue weighted by Gasteiger charge is 2.32. The zero-order valence-electron chi connectivity index (χ0n) is 21.2. The van der Waals surface area contributed by atoms with Crippen LogP contribution in [0.15, 0.2) is 24.5 Å². The van der Waals surface area contributed by atoms with E-state index in [1.54, 1.807) is 25.4 Å². The van der Waals surface area contributed by atoms with E-state index >= 15 is 4.39 Å². The fraction of sp³-hybridized carbons (Fsp3) is 0.423. The Kier molecular flexibility index (Phi) is 7.43. The van der Waals surface area contributed by atoms with Crippen LogP contribution in [0.25, 0.3) is 21.9 Å². The minimum absolute atomic E-state index is 0.0686. The van der Waals surface area contributed by atoms with Gasteiger partial charge in [0, 0.05) is 68.6 Å². The summed E-state index contributed by atoms with van der Waals surface area (Å²) in [5.74, 6) is 0.0478. The molecule has 12 heteroatoms. The maximum Gasteiger partial charge on any atom is 0.413 e. The number of nitrogens with one attached hydrogen (secondary N) is 2. The maximum atomic E-state index is 15.4. The van der Waals surface area contributed by atoms with E-state index in [1.165, 1.54) is 6.20 Å². The molecule has 2 atom stereocenters. The SMILES string of the molecule is COCCN1CC[C@H](OC(=O)Nc2cc3cc(-c4cnc5c(c4C)NCCO5)c(F)c(N)c3cn2)[C@H](F)C1. The Morgan fingerprint density at radius 3 is 2.95 bits per heavy atom. The molecule has 1 aromatic carbocycles. The maximum absolute atomic E-state index is 15.4. The number of rotatable bonds is 6. The van der Waals surface area contributed by atoms with Gasteiger partial charge < -0.3 is 25.3 Å². The molecule has 1 saturated heterocycles. The fourth-order valence-electron chi connectivity index (χ4n) is 4.83. The Bertz CT molecular complexity index is 1360. The summed E-state index contributed by atoms with van der Waals surface area (Å²) in [7, 11) is 1.60. The number of aromatic nitrogens is 2. The lowest BCUT2D eigenvalue weighted by Gasteiger charge is -2.33. The average molecular weight is 529 g/mol. The lowest BCUT2D eigenvalue weighted by Crippen LogP contribution is -2.47. The number of methoxy groups -OCH3 is 1. The molecule has 2 aliphatic heterocycles. The zero-order valence-corrected chi connectivity index (χ0v) is 21.2. The Labute approximate surface area is 218 Å². The summed E-state index contributed by atoms with van der Waals surface area (Å²) in [5.41, 5.74) is 8.37. The van der Waals surface area contributed by atoms with Crippen molar-refractivity contribution in [3.63, 3.8) is 0 Å². The van der Waals surface area contributed by atoms with Gasteiger partial charge in [0.05, 0.1) is 12.3 Å². The number of hydrogen-bond donors (Lipinski definition) is 3. The van der Waals surface area contributed by atoms with E-state index in [0.29, 0.717) is 67.2 Å². The fourth-order valence-corrected chi connectivity index (χ4v) is 4.83. The monoisotopic (exact) mass is 528 g/mol. The van der Waals surface area contributed by atoms with E-state index in [9.17, 15) is 9.18 Å². The summed E-state index contributed by atoms with van der Waals surface area (Å²) in [4.78, 5) is 23.0. The first kappa shape index (κ1) is 25.9. The van der Waals surface area contributed by atoms with Gasteiger partial charge in [-0.05, 0) is 30.0 Å². The third-order valence-electron chi connectivity index (χ3n) is 6.90. The number of carbonyl (C=O) groups excluding carboxylic acids is 1. The van der Waals surface area contributed by atoms with Gasteiger partial charge in [-0.25, -0.2) is 23.5 Å². The summed E-state index contributed by atoms with van der Waals surface area (Å²) in [5, 5.41) is 6.74. The van der Waals surface area contributed by atoms with Crippen molar-refractivity contribution in [3.05, 3.63) is 35.9 Å². The molecule has 0 spiro atoms. The number of halogens is 2. The Balaban J connectivity index is 1.35. The number of benzene rings is 1. The highest BCUT2D eigenvalue weighted by atomic mass is 19.1.